The van der Waals surface area contributed by atoms with Gasteiger partial charge < -0.3 is 15.8 Å². The second-order valence-corrected chi connectivity index (χ2v) is 7.35. The molecule has 0 aliphatic heterocycles. The maximum Gasteiger partial charge on any atom is 0.250 e. The summed E-state index contributed by atoms with van der Waals surface area (Å²) in [6, 6.07) is 28.1. The first-order chi connectivity index (χ1) is 15.2. The van der Waals surface area contributed by atoms with Crippen LogP contribution in [0.1, 0.15) is 36.5 Å². The zero-order valence-corrected chi connectivity index (χ0v) is 18.4. The van der Waals surface area contributed by atoms with E-state index in [1.807, 2.05) is 66.7 Å². The van der Waals surface area contributed by atoms with Crippen LogP contribution in [0.15, 0.2) is 84.9 Å². The quantitative estimate of drug-likeness (QED) is 0.465. The number of aryl methyl sites for hydroxylation is 1. The third kappa shape index (κ3) is 10.6. The molecule has 0 spiro atoms. The van der Waals surface area contributed by atoms with Crippen molar-refractivity contribution < 1.29 is 9.53 Å². The van der Waals surface area contributed by atoms with Crippen molar-refractivity contribution in [3.8, 4) is 0 Å². The summed E-state index contributed by atoms with van der Waals surface area (Å²) < 4.78 is 5.44. The topological polar surface area (TPSA) is 64.3 Å². The van der Waals surface area contributed by atoms with Crippen LogP contribution in [0.4, 0.5) is 5.69 Å². The Kier molecular flexibility index (Phi) is 11.7. The highest BCUT2D eigenvalue weighted by Crippen LogP contribution is 2.13. The molecule has 0 aliphatic rings. The number of nitrogens with two attached hydrogens (primary N) is 1. The predicted octanol–water partition coefficient (Wildman–Crippen LogP) is 5.37. The normalized spacial score (nSPS) is 10.1. The average Bonchev–Trinajstić information content (AvgIpc) is 2.80. The van der Waals surface area contributed by atoms with Gasteiger partial charge in [-0.05, 0) is 54.6 Å². The monoisotopic (exact) mass is 418 g/mol. The summed E-state index contributed by atoms with van der Waals surface area (Å²) in [6.07, 6.45) is 4.37. The maximum atomic E-state index is 11.9. The molecular weight excluding hydrogens is 384 g/mol. The number of rotatable bonds is 10. The third-order valence-corrected chi connectivity index (χ3v) is 4.65. The molecule has 0 bridgehead atoms. The number of anilines is 1. The first-order valence-electron chi connectivity index (χ1n) is 11.0. The van der Waals surface area contributed by atoms with Crippen LogP contribution in [-0.4, -0.2) is 19.1 Å². The Morgan fingerprint density at radius 3 is 2.13 bits per heavy atom. The maximum absolute atomic E-state index is 11.9. The van der Waals surface area contributed by atoms with Gasteiger partial charge in [0.05, 0.1) is 6.61 Å². The summed E-state index contributed by atoms with van der Waals surface area (Å²) in [5.41, 5.74) is 9.84. The van der Waals surface area contributed by atoms with Gasteiger partial charge in [0.15, 0.2) is 0 Å². The van der Waals surface area contributed by atoms with Gasteiger partial charge in [-0.2, -0.15) is 0 Å². The Balaban J connectivity index is 0.000000316. The van der Waals surface area contributed by atoms with Crippen molar-refractivity contribution in [2.24, 2.45) is 5.73 Å². The minimum atomic E-state index is -0.122. The smallest absolute Gasteiger partial charge is 0.250 e. The van der Waals surface area contributed by atoms with Gasteiger partial charge in [-0.3, -0.25) is 4.79 Å². The molecule has 0 saturated heterocycles. The molecule has 0 aliphatic carbocycles. The molecule has 4 heteroatoms. The van der Waals surface area contributed by atoms with Gasteiger partial charge in [-0.15, -0.1) is 0 Å². The average molecular weight is 419 g/mol. The molecule has 0 atom stereocenters. The van der Waals surface area contributed by atoms with Crippen molar-refractivity contribution in [3.63, 3.8) is 0 Å². The Hall–Kier alpha value is -2.95. The van der Waals surface area contributed by atoms with Crippen LogP contribution in [0, 0.1) is 0 Å². The molecular formula is C27H34N2O2. The SMILES string of the molecule is CCCCc1cccc(NC(=O)COCc2ccccc2)c1.NCCc1ccccc1. The van der Waals surface area contributed by atoms with E-state index in [9.17, 15) is 4.79 Å². The molecule has 0 heterocycles. The van der Waals surface area contributed by atoms with Crippen LogP contribution in [-0.2, 0) is 29.0 Å². The number of unbranched alkanes of at least 4 members (excludes halogenated alkanes) is 1. The second kappa shape index (κ2) is 14.9. The molecule has 1 amide bonds. The molecule has 3 aromatic carbocycles. The number of carbonyl (C=O) groups is 1. The second-order valence-electron chi connectivity index (χ2n) is 7.35. The van der Waals surface area contributed by atoms with Gasteiger partial charge in [-0.25, -0.2) is 0 Å². The summed E-state index contributed by atoms with van der Waals surface area (Å²) in [7, 11) is 0. The van der Waals surface area contributed by atoms with E-state index in [-0.39, 0.29) is 12.5 Å². The highest BCUT2D eigenvalue weighted by molar-refractivity contribution is 5.91. The van der Waals surface area contributed by atoms with Crippen molar-refractivity contribution in [1.29, 1.82) is 0 Å². The molecule has 0 aromatic heterocycles. The lowest BCUT2D eigenvalue weighted by Crippen LogP contribution is -2.18. The molecule has 3 rings (SSSR count). The molecule has 164 valence electrons. The largest absolute Gasteiger partial charge is 0.367 e. The fourth-order valence-corrected chi connectivity index (χ4v) is 3.03. The zero-order valence-electron chi connectivity index (χ0n) is 18.4. The number of benzene rings is 3. The first kappa shape index (κ1) is 24.3. The minimum Gasteiger partial charge on any atom is -0.367 e. The number of amides is 1. The Bertz CT molecular complexity index is 867. The van der Waals surface area contributed by atoms with Crippen LogP contribution in [0.2, 0.25) is 0 Å². The van der Waals surface area contributed by atoms with E-state index in [4.69, 9.17) is 10.5 Å². The van der Waals surface area contributed by atoms with E-state index in [0.717, 1.165) is 37.1 Å². The van der Waals surface area contributed by atoms with Gasteiger partial charge >= 0.3 is 0 Å². The third-order valence-electron chi connectivity index (χ3n) is 4.65. The standard InChI is InChI=1S/C19H23NO2.C8H11N/c1-2-3-8-16-11-7-12-18(13-16)20-19(21)15-22-14-17-9-5-4-6-10-17;9-7-6-8-4-2-1-3-5-8/h4-7,9-13H,2-3,8,14-15H2,1H3,(H,20,21);1-5H,6-7,9H2. The zero-order chi connectivity index (χ0) is 22.2. The molecule has 3 N–H and O–H groups in total. The van der Waals surface area contributed by atoms with Crippen molar-refractivity contribution in [1.82, 2.24) is 0 Å². The van der Waals surface area contributed by atoms with E-state index >= 15 is 0 Å². The number of carbonyl (C=O) groups excluding carboxylic acids is 1. The highest BCUT2D eigenvalue weighted by atomic mass is 16.5. The van der Waals surface area contributed by atoms with E-state index < -0.39 is 0 Å². The van der Waals surface area contributed by atoms with Crippen molar-refractivity contribution >= 4 is 11.6 Å². The van der Waals surface area contributed by atoms with E-state index in [0.29, 0.717) is 6.61 Å². The Labute approximate surface area is 186 Å². The lowest BCUT2D eigenvalue weighted by molar-refractivity contribution is -0.121. The number of hydrogen-bond donors (Lipinski definition) is 2. The van der Waals surface area contributed by atoms with Crippen molar-refractivity contribution in [2.75, 3.05) is 18.5 Å². The van der Waals surface area contributed by atoms with E-state index in [1.165, 1.54) is 17.5 Å². The fourth-order valence-electron chi connectivity index (χ4n) is 3.03. The molecule has 3 aromatic rings. The van der Waals surface area contributed by atoms with Crippen molar-refractivity contribution in [2.45, 2.75) is 39.2 Å². The molecule has 0 radical (unpaired) electrons. The summed E-state index contributed by atoms with van der Waals surface area (Å²) in [6.45, 7) is 3.43. The molecule has 0 unspecified atom stereocenters. The van der Waals surface area contributed by atoms with Crippen LogP contribution in [0.25, 0.3) is 0 Å². The number of nitrogens with one attached hydrogen (secondary N) is 1. The van der Waals surface area contributed by atoms with Crippen LogP contribution in [0.5, 0.6) is 0 Å². The van der Waals surface area contributed by atoms with E-state index in [2.05, 4.69) is 30.4 Å². The lowest BCUT2D eigenvalue weighted by atomic mass is 10.1. The van der Waals surface area contributed by atoms with Gasteiger partial charge in [0.25, 0.3) is 0 Å². The minimum absolute atomic E-state index is 0.0636. The lowest BCUT2D eigenvalue weighted by Gasteiger charge is -2.08. The van der Waals surface area contributed by atoms with Crippen molar-refractivity contribution in [3.05, 3.63) is 102 Å². The first-order valence-corrected chi connectivity index (χ1v) is 11.0. The Morgan fingerprint density at radius 1 is 0.839 bits per heavy atom. The summed E-state index contributed by atoms with van der Waals surface area (Å²) in [5, 5.41) is 2.88. The van der Waals surface area contributed by atoms with Crippen LogP contribution < -0.4 is 11.1 Å². The molecule has 0 fully saturated rings. The van der Waals surface area contributed by atoms with E-state index in [1.54, 1.807) is 0 Å². The van der Waals surface area contributed by atoms with Gasteiger partial charge in [0.2, 0.25) is 5.91 Å². The van der Waals surface area contributed by atoms with Gasteiger partial charge in [-0.1, -0.05) is 86.1 Å². The number of ether oxygens (including phenoxy) is 1. The fraction of sp³-hybridized carbons (Fsp3) is 0.296. The molecule has 31 heavy (non-hydrogen) atoms. The van der Waals surface area contributed by atoms with Crippen LogP contribution in [0.3, 0.4) is 0 Å². The summed E-state index contributed by atoms with van der Waals surface area (Å²) >= 11 is 0. The molecule has 0 saturated carbocycles. The summed E-state index contributed by atoms with van der Waals surface area (Å²) in [4.78, 5) is 11.9. The number of hydrogen-bond acceptors (Lipinski definition) is 3. The predicted molar refractivity (Wildman–Crippen MR) is 129 cm³/mol. The van der Waals surface area contributed by atoms with Crippen LogP contribution >= 0.6 is 0 Å². The molecule has 4 nitrogen and oxygen atoms in total. The highest BCUT2D eigenvalue weighted by Gasteiger charge is 2.03. The van der Waals surface area contributed by atoms with Gasteiger partial charge in [0.1, 0.15) is 6.61 Å². The van der Waals surface area contributed by atoms with Gasteiger partial charge in [0, 0.05) is 5.69 Å². The Morgan fingerprint density at radius 2 is 1.48 bits per heavy atom. The summed E-state index contributed by atoms with van der Waals surface area (Å²) in [5.74, 6) is -0.122.